The van der Waals surface area contributed by atoms with Crippen molar-refractivity contribution >= 4 is 17.7 Å². The van der Waals surface area contributed by atoms with Crippen molar-refractivity contribution < 1.29 is 14.4 Å². The molecule has 2 N–H and O–H groups in total. The maximum atomic E-state index is 13.1. The van der Waals surface area contributed by atoms with Gasteiger partial charge in [0.2, 0.25) is 5.91 Å². The van der Waals surface area contributed by atoms with Crippen LogP contribution in [0, 0.1) is 5.92 Å². The Hall–Kier alpha value is -3.16. The molecule has 1 aromatic carbocycles. The van der Waals surface area contributed by atoms with E-state index in [9.17, 15) is 14.4 Å². The fraction of sp³-hybridized carbons (Fsp3) is 0.500. The number of aryl methyl sites for hydroxylation is 1. The van der Waals surface area contributed by atoms with Gasteiger partial charge in [0, 0.05) is 32.2 Å². The number of rotatable bonds is 9. The monoisotopic (exact) mass is 439 g/mol. The van der Waals surface area contributed by atoms with Gasteiger partial charge in [-0.1, -0.05) is 51.1 Å². The molecule has 8 heteroatoms. The van der Waals surface area contributed by atoms with Gasteiger partial charge in [-0.2, -0.15) is 5.10 Å². The van der Waals surface area contributed by atoms with Crippen LogP contribution in [0.4, 0.5) is 0 Å². The topological polar surface area (TPSA) is 96.3 Å². The second-order valence-corrected chi connectivity index (χ2v) is 8.65. The number of amides is 3. The lowest BCUT2D eigenvalue weighted by molar-refractivity contribution is -0.123. The highest BCUT2D eigenvalue weighted by atomic mass is 16.2. The fourth-order valence-electron chi connectivity index (χ4n) is 3.81. The lowest BCUT2D eigenvalue weighted by atomic mass is 10.0. The van der Waals surface area contributed by atoms with Crippen LogP contribution in [0.25, 0.3) is 0 Å². The van der Waals surface area contributed by atoms with Gasteiger partial charge in [0.15, 0.2) is 5.69 Å². The molecule has 0 saturated heterocycles. The van der Waals surface area contributed by atoms with E-state index in [-0.39, 0.29) is 23.4 Å². The van der Waals surface area contributed by atoms with Crippen LogP contribution in [0.5, 0.6) is 0 Å². The summed E-state index contributed by atoms with van der Waals surface area (Å²) in [4.78, 5) is 40.3. The van der Waals surface area contributed by atoms with Crippen LogP contribution >= 0.6 is 0 Å². The van der Waals surface area contributed by atoms with E-state index in [0.29, 0.717) is 38.3 Å². The van der Waals surface area contributed by atoms with Gasteiger partial charge in [-0.15, -0.1) is 0 Å². The van der Waals surface area contributed by atoms with Crippen LogP contribution in [0.3, 0.4) is 0 Å². The molecule has 3 rings (SSSR count). The van der Waals surface area contributed by atoms with Crippen molar-refractivity contribution in [3.63, 3.8) is 0 Å². The van der Waals surface area contributed by atoms with E-state index in [1.807, 2.05) is 51.1 Å². The first-order valence-electron chi connectivity index (χ1n) is 11.4. The second kappa shape index (κ2) is 10.9. The summed E-state index contributed by atoms with van der Waals surface area (Å²) >= 11 is 0. The molecule has 0 radical (unpaired) electrons. The quantitative estimate of drug-likeness (QED) is 0.628. The van der Waals surface area contributed by atoms with Gasteiger partial charge in [0.05, 0.1) is 0 Å². The van der Waals surface area contributed by atoms with Crippen molar-refractivity contribution in [1.82, 2.24) is 25.3 Å². The zero-order valence-corrected chi connectivity index (χ0v) is 19.1. The van der Waals surface area contributed by atoms with E-state index in [2.05, 4.69) is 15.7 Å². The van der Waals surface area contributed by atoms with Crippen LogP contribution in [-0.2, 0) is 17.9 Å². The van der Waals surface area contributed by atoms with Crippen molar-refractivity contribution in [2.24, 2.45) is 5.92 Å². The Morgan fingerprint density at radius 1 is 1.16 bits per heavy atom. The number of carbonyl (C=O) groups excluding carboxylic acids is 3. The molecule has 0 aliphatic carbocycles. The smallest absolute Gasteiger partial charge is 0.272 e. The number of benzene rings is 1. The molecule has 8 nitrogen and oxygen atoms in total. The molecule has 1 aromatic heterocycles. The molecule has 3 amide bonds. The summed E-state index contributed by atoms with van der Waals surface area (Å²) in [5.41, 5.74) is 1.62. The van der Waals surface area contributed by atoms with Gasteiger partial charge in [-0.25, -0.2) is 0 Å². The van der Waals surface area contributed by atoms with Crippen LogP contribution in [-0.4, -0.2) is 51.5 Å². The van der Waals surface area contributed by atoms with E-state index in [0.717, 1.165) is 18.4 Å². The summed E-state index contributed by atoms with van der Waals surface area (Å²) in [5.74, 6) is -0.540. The highest BCUT2D eigenvalue weighted by Gasteiger charge is 2.28. The molecule has 1 atom stereocenters. The molecule has 32 heavy (non-hydrogen) atoms. The Balaban J connectivity index is 1.74. The third-order valence-electron chi connectivity index (χ3n) is 5.41. The van der Waals surface area contributed by atoms with Gasteiger partial charge in [-0.3, -0.25) is 19.1 Å². The SMILES string of the molecule is CCCNC(=O)C(CC(C)C)NC(=O)c1cc2n(n1)CCCN(Cc1ccccc1)C2=O. The second-order valence-electron chi connectivity index (χ2n) is 8.65. The Bertz CT molecular complexity index is 938. The molecule has 2 heterocycles. The minimum Gasteiger partial charge on any atom is -0.354 e. The maximum absolute atomic E-state index is 13.1. The predicted octanol–water partition coefficient (Wildman–Crippen LogP) is 2.60. The number of hydrogen-bond donors (Lipinski definition) is 2. The molecule has 1 aliphatic rings. The molecule has 0 spiro atoms. The number of fused-ring (bicyclic) bond motifs is 1. The highest BCUT2D eigenvalue weighted by Crippen LogP contribution is 2.17. The summed E-state index contributed by atoms with van der Waals surface area (Å²) in [5, 5.41) is 10.0. The molecule has 0 fully saturated rings. The third kappa shape index (κ3) is 5.96. The van der Waals surface area contributed by atoms with Crippen LogP contribution in [0.15, 0.2) is 36.4 Å². The van der Waals surface area contributed by atoms with Crippen molar-refractivity contribution in [3.05, 3.63) is 53.3 Å². The predicted molar refractivity (Wildman–Crippen MR) is 122 cm³/mol. The average Bonchev–Trinajstić information content (AvgIpc) is 3.14. The van der Waals surface area contributed by atoms with Crippen LogP contribution in [0.2, 0.25) is 0 Å². The normalized spacial score (nSPS) is 14.6. The van der Waals surface area contributed by atoms with Gasteiger partial charge in [-0.05, 0) is 30.7 Å². The lowest BCUT2D eigenvalue weighted by Crippen LogP contribution is -2.47. The fourth-order valence-corrected chi connectivity index (χ4v) is 3.81. The summed E-state index contributed by atoms with van der Waals surface area (Å²) in [7, 11) is 0. The maximum Gasteiger partial charge on any atom is 0.272 e. The Morgan fingerprint density at radius 3 is 2.59 bits per heavy atom. The van der Waals surface area contributed by atoms with Crippen molar-refractivity contribution in [2.45, 2.75) is 59.2 Å². The third-order valence-corrected chi connectivity index (χ3v) is 5.41. The standard InChI is InChI=1S/C24H33N5O3/c1-4-11-25-22(30)19(14-17(2)3)26-23(31)20-15-21-24(32)28(12-8-13-29(21)27-20)16-18-9-6-5-7-10-18/h5-7,9-10,15,17,19H,4,8,11-14,16H2,1-3H3,(H,25,30)(H,26,31). The Kier molecular flexibility index (Phi) is 8.03. The van der Waals surface area contributed by atoms with Crippen molar-refractivity contribution in [2.75, 3.05) is 13.1 Å². The molecule has 1 aliphatic heterocycles. The largest absolute Gasteiger partial charge is 0.354 e. The van der Waals surface area contributed by atoms with Gasteiger partial charge in [0.1, 0.15) is 11.7 Å². The molecular weight excluding hydrogens is 406 g/mol. The van der Waals surface area contributed by atoms with E-state index < -0.39 is 11.9 Å². The Labute approximate surface area is 189 Å². The van der Waals surface area contributed by atoms with Crippen LogP contribution in [0.1, 0.15) is 66.6 Å². The summed E-state index contributed by atoms with van der Waals surface area (Å²) in [6.07, 6.45) is 2.10. The van der Waals surface area contributed by atoms with Gasteiger partial charge >= 0.3 is 0 Å². The zero-order chi connectivity index (χ0) is 23.1. The molecule has 1 unspecified atom stereocenters. The number of nitrogens with one attached hydrogen (secondary N) is 2. The number of hydrogen-bond acceptors (Lipinski definition) is 4. The molecular formula is C24H33N5O3. The molecule has 2 aromatic rings. The van der Waals surface area contributed by atoms with Gasteiger partial charge < -0.3 is 15.5 Å². The average molecular weight is 440 g/mol. The first-order chi connectivity index (χ1) is 15.4. The number of carbonyl (C=O) groups is 3. The summed E-state index contributed by atoms with van der Waals surface area (Å²) in [6, 6.07) is 10.7. The lowest BCUT2D eigenvalue weighted by Gasteiger charge is -2.20. The molecule has 172 valence electrons. The van der Waals surface area contributed by atoms with Gasteiger partial charge in [0.25, 0.3) is 11.8 Å². The first-order valence-corrected chi connectivity index (χ1v) is 11.4. The highest BCUT2D eigenvalue weighted by molar-refractivity contribution is 5.99. The van der Waals surface area contributed by atoms with E-state index in [1.165, 1.54) is 6.07 Å². The van der Waals surface area contributed by atoms with Crippen LogP contribution < -0.4 is 10.6 Å². The number of aromatic nitrogens is 2. The first kappa shape index (κ1) is 23.5. The minimum absolute atomic E-state index is 0.141. The summed E-state index contributed by atoms with van der Waals surface area (Å²) in [6.45, 7) is 8.26. The minimum atomic E-state index is -0.638. The Morgan fingerprint density at radius 2 is 1.91 bits per heavy atom. The zero-order valence-electron chi connectivity index (χ0n) is 19.1. The number of nitrogens with zero attached hydrogens (tertiary/aromatic N) is 3. The molecule has 0 saturated carbocycles. The van der Waals surface area contributed by atoms with E-state index in [1.54, 1.807) is 9.58 Å². The van der Waals surface area contributed by atoms with Crippen molar-refractivity contribution in [3.8, 4) is 0 Å². The van der Waals surface area contributed by atoms with E-state index >= 15 is 0 Å². The summed E-state index contributed by atoms with van der Waals surface area (Å²) < 4.78 is 1.61. The molecule has 0 bridgehead atoms. The van der Waals surface area contributed by atoms with Crippen molar-refractivity contribution in [1.29, 1.82) is 0 Å². The van der Waals surface area contributed by atoms with E-state index in [4.69, 9.17) is 0 Å².